The van der Waals surface area contributed by atoms with Gasteiger partial charge in [0.05, 0.1) is 13.3 Å². The minimum atomic E-state index is -0.00931. The van der Waals surface area contributed by atoms with Crippen LogP contribution in [0, 0.1) is 0 Å². The molecule has 2 rings (SSSR count). The first kappa shape index (κ1) is 12.8. The average molecular weight is 309 g/mol. The van der Waals surface area contributed by atoms with Gasteiger partial charge < -0.3 is 4.74 Å². The van der Waals surface area contributed by atoms with Gasteiger partial charge in [-0.3, -0.25) is 9.48 Å². The highest BCUT2D eigenvalue weighted by Crippen LogP contribution is 2.20. The molecule has 1 aromatic heterocycles. The van der Waals surface area contributed by atoms with Gasteiger partial charge in [0, 0.05) is 17.9 Å². The molecule has 5 heteroatoms. The summed E-state index contributed by atoms with van der Waals surface area (Å²) >= 11 is 3.39. The minimum Gasteiger partial charge on any atom is -0.493 e. The van der Waals surface area contributed by atoms with E-state index in [0.717, 1.165) is 10.0 Å². The molecule has 0 unspecified atom stereocenters. The average Bonchev–Trinajstić information content (AvgIpc) is 2.70. The molecule has 0 aliphatic rings. The zero-order valence-corrected chi connectivity index (χ0v) is 11.8. The van der Waals surface area contributed by atoms with Crippen molar-refractivity contribution >= 4 is 21.7 Å². The molecule has 18 heavy (non-hydrogen) atoms. The molecule has 4 nitrogen and oxygen atoms in total. The topological polar surface area (TPSA) is 44.1 Å². The lowest BCUT2D eigenvalue weighted by Gasteiger charge is -2.05. The fourth-order valence-corrected chi connectivity index (χ4v) is 2.25. The second-order valence-electron chi connectivity index (χ2n) is 3.92. The fraction of sp³-hybridized carbons (Fsp3) is 0.231. The number of ketones is 1. The van der Waals surface area contributed by atoms with Crippen molar-refractivity contribution in [3.05, 3.63) is 46.2 Å². The van der Waals surface area contributed by atoms with Crippen LogP contribution >= 0.6 is 15.9 Å². The van der Waals surface area contributed by atoms with E-state index in [-0.39, 0.29) is 5.78 Å². The number of hydrogen-bond donors (Lipinski definition) is 0. The molecule has 0 saturated carbocycles. The van der Waals surface area contributed by atoms with E-state index in [4.69, 9.17) is 4.74 Å². The van der Waals surface area contributed by atoms with Crippen LogP contribution in [0.1, 0.15) is 16.1 Å². The predicted molar refractivity (Wildman–Crippen MR) is 71.9 cm³/mol. The highest BCUT2D eigenvalue weighted by Gasteiger charge is 2.17. The Balaban J connectivity index is 2.24. The van der Waals surface area contributed by atoms with Crippen molar-refractivity contribution in [2.45, 2.75) is 6.42 Å². The summed E-state index contributed by atoms with van der Waals surface area (Å²) in [5, 5.41) is 4.03. The second kappa shape index (κ2) is 5.35. The molecular formula is C13H13BrN2O2. The molecule has 0 spiro atoms. The molecule has 0 atom stereocenters. The Labute approximate surface area is 114 Å². The Kier molecular flexibility index (Phi) is 3.81. The van der Waals surface area contributed by atoms with E-state index in [1.165, 1.54) is 7.11 Å². The number of halogens is 1. The Hall–Kier alpha value is -1.62. The number of aryl methyl sites for hydroxylation is 1. The number of hydrogen-bond acceptors (Lipinski definition) is 3. The van der Waals surface area contributed by atoms with Gasteiger partial charge in [0.15, 0.2) is 11.5 Å². The number of benzene rings is 1. The molecule has 0 N–H and O–H groups in total. The minimum absolute atomic E-state index is 0.00931. The molecular weight excluding hydrogens is 296 g/mol. The number of carbonyl (C=O) groups is 1. The highest BCUT2D eigenvalue weighted by molar-refractivity contribution is 9.10. The van der Waals surface area contributed by atoms with Gasteiger partial charge in [-0.15, -0.1) is 0 Å². The SMILES string of the molecule is COc1cnn(C)c1C(=O)Cc1cccc(Br)c1. The smallest absolute Gasteiger partial charge is 0.189 e. The molecule has 0 radical (unpaired) electrons. The van der Waals surface area contributed by atoms with E-state index in [1.807, 2.05) is 24.3 Å². The summed E-state index contributed by atoms with van der Waals surface area (Å²) in [6, 6.07) is 7.69. The normalized spacial score (nSPS) is 10.4. The highest BCUT2D eigenvalue weighted by atomic mass is 79.9. The summed E-state index contributed by atoms with van der Waals surface area (Å²) in [5.74, 6) is 0.502. The van der Waals surface area contributed by atoms with Crippen LogP contribution < -0.4 is 4.74 Å². The Bertz CT molecular complexity index is 578. The molecule has 1 aromatic carbocycles. The first-order valence-corrected chi connectivity index (χ1v) is 6.24. The standard InChI is InChI=1S/C13H13BrN2O2/c1-16-13(12(18-2)8-15-16)11(17)7-9-4-3-5-10(14)6-9/h3-6,8H,7H2,1-2H3. The molecule has 2 aromatic rings. The fourth-order valence-electron chi connectivity index (χ4n) is 1.80. The summed E-state index contributed by atoms with van der Waals surface area (Å²) in [7, 11) is 3.27. The van der Waals surface area contributed by atoms with Crippen LogP contribution in [0.5, 0.6) is 5.75 Å². The van der Waals surface area contributed by atoms with Crippen LogP contribution in [0.15, 0.2) is 34.9 Å². The summed E-state index contributed by atoms with van der Waals surface area (Å²) < 4.78 is 7.64. The monoisotopic (exact) mass is 308 g/mol. The van der Waals surface area contributed by atoms with Crippen molar-refractivity contribution < 1.29 is 9.53 Å². The largest absolute Gasteiger partial charge is 0.493 e. The van der Waals surface area contributed by atoms with E-state index >= 15 is 0 Å². The first-order chi connectivity index (χ1) is 8.61. The van der Waals surface area contributed by atoms with Crippen molar-refractivity contribution in [2.24, 2.45) is 7.05 Å². The van der Waals surface area contributed by atoms with Crippen molar-refractivity contribution in [2.75, 3.05) is 7.11 Å². The molecule has 0 saturated heterocycles. The third-order valence-electron chi connectivity index (χ3n) is 2.64. The van der Waals surface area contributed by atoms with Crippen LogP contribution in [0.4, 0.5) is 0 Å². The van der Waals surface area contributed by atoms with Crippen LogP contribution in [0.25, 0.3) is 0 Å². The third-order valence-corrected chi connectivity index (χ3v) is 3.14. The van der Waals surface area contributed by atoms with E-state index in [9.17, 15) is 4.79 Å². The summed E-state index contributed by atoms with van der Waals surface area (Å²) in [5.41, 5.74) is 1.45. The molecule has 0 aliphatic heterocycles. The van der Waals surface area contributed by atoms with Crippen LogP contribution in [0.3, 0.4) is 0 Å². The second-order valence-corrected chi connectivity index (χ2v) is 4.83. The van der Waals surface area contributed by atoms with Gasteiger partial charge in [0.2, 0.25) is 0 Å². The number of nitrogens with zero attached hydrogens (tertiary/aromatic N) is 2. The first-order valence-electron chi connectivity index (χ1n) is 5.45. The molecule has 94 valence electrons. The van der Waals surface area contributed by atoms with Crippen molar-refractivity contribution in [3.8, 4) is 5.75 Å². The number of rotatable bonds is 4. The molecule has 1 heterocycles. The molecule has 0 bridgehead atoms. The Morgan fingerprint density at radius 2 is 2.28 bits per heavy atom. The maximum Gasteiger partial charge on any atom is 0.189 e. The maximum absolute atomic E-state index is 12.2. The predicted octanol–water partition coefficient (Wildman–Crippen LogP) is 2.62. The zero-order valence-electron chi connectivity index (χ0n) is 10.2. The van der Waals surface area contributed by atoms with Crippen molar-refractivity contribution in [1.29, 1.82) is 0 Å². The van der Waals surface area contributed by atoms with Crippen molar-refractivity contribution in [1.82, 2.24) is 9.78 Å². The van der Waals surface area contributed by atoms with Crippen LogP contribution in [-0.2, 0) is 13.5 Å². The van der Waals surface area contributed by atoms with Gasteiger partial charge in [0.25, 0.3) is 0 Å². The lowest BCUT2D eigenvalue weighted by atomic mass is 10.1. The summed E-state index contributed by atoms with van der Waals surface area (Å²) in [6.45, 7) is 0. The third kappa shape index (κ3) is 2.61. The quantitative estimate of drug-likeness (QED) is 0.816. The summed E-state index contributed by atoms with van der Waals surface area (Å²) in [6.07, 6.45) is 1.88. The zero-order chi connectivity index (χ0) is 13.1. The number of carbonyl (C=O) groups excluding carboxylic acids is 1. The van der Waals surface area contributed by atoms with Crippen LogP contribution in [0.2, 0.25) is 0 Å². The van der Waals surface area contributed by atoms with Gasteiger partial charge in [-0.2, -0.15) is 5.10 Å². The van der Waals surface area contributed by atoms with E-state index in [2.05, 4.69) is 21.0 Å². The van der Waals surface area contributed by atoms with Gasteiger partial charge in [-0.05, 0) is 17.7 Å². The van der Waals surface area contributed by atoms with Gasteiger partial charge in [0.1, 0.15) is 5.69 Å². The van der Waals surface area contributed by atoms with Gasteiger partial charge in [-0.25, -0.2) is 0 Å². The lowest BCUT2D eigenvalue weighted by molar-refractivity contribution is 0.0981. The lowest BCUT2D eigenvalue weighted by Crippen LogP contribution is -2.11. The van der Waals surface area contributed by atoms with Gasteiger partial charge >= 0.3 is 0 Å². The summed E-state index contributed by atoms with van der Waals surface area (Å²) in [4.78, 5) is 12.2. The molecule has 0 aliphatic carbocycles. The van der Waals surface area contributed by atoms with Crippen LogP contribution in [-0.4, -0.2) is 22.7 Å². The van der Waals surface area contributed by atoms with Gasteiger partial charge in [-0.1, -0.05) is 28.1 Å². The maximum atomic E-state index is 12.2. The Morgan fingerprint density at radius 3 is 2.94 bits per heavy atom. The van der Waals surface area contributed by atoms with Crippen molar-refractivity contribution in [3.63, 3.8) is 0 Å². The number of ether oxygens (including phenoxy) is 1. The molecule has 0 amide bonds. The number of aromatic nitrogens is 2. The van der Waals surface area contributed by atoms with E-state index in [1.54, 1.807) is 17.9 Å². The number of Topliss-reactive ketones (excluding diaryl/α,β-unsaturated/α-hetero) is 1. The Morgan fingerprint density at radius 1 is 1.50 bits per heavy atom. The number of methoxy groups -OCH3 is 1. The molecule has 0 fully saturated rings. The van der Waals surface area contributed by atoms with E-state index in [0.29, 0.717) is 17.9 Å². The van der Waals surface area contributed by atoms with E-state index < -0.39 is 0 Å².